The number of benzene rings is 2. The average Bonchev–Trinajstić information content (AvgIpc) is 3.32. The molecule has 33 heavy (non-hydrogen) atoms. The third-order valence-electron chi connectivity index (χ3n) is 5.25. The molecule has 0 radical (unpaired) electrons. The summed E-state index contributed by atoms with van der Waals surface area (Å²) in [6, 6.07) is 15.2. The van der Waals surface area contributed by atoms with Crippen molar-refractivity contribution in [2.75, 3.05) is 23.9 Å². The standard InChI is InChI=1S/C23H20N2O7S/c1-31-23(28)15-8-10-16(11-9-15)24-21(26)14-25-17-5-2-3-7-19(17)33(29,30)20(13-22(25)27)18-6-4-12-32-18/h2-12,20H,13-14H2,1H3,(H,24,26). The lowest BCUT2D eigenvalue weighted by Gasteiger charge is -2.21. The summed E-state index contributed by atoms with van der Waals surface area (Å²) in [6.07, 6.45) is 0.981. The highest BCUT2D eigenvalue weighted by Gasteiger charge is 2.41. The van der Waals surface area contributed by atoms with Crippen LogP contribution in [0.4, 0.5) is 11.4 Å². The van der Waals surface area contributed by atoms with E-state index in [0.717, 1.165) is 4.90 Å². The molecule has 1 aliphatic rings. The largest absolute Gasteiger partial charge is 0.468 e. The van der Waals surface area contributed by atoms with Gasteiger partial charge in [0.1, 0.15) is 17.6 Å². The van der Waals surface area contributed by atoms with Crippen molar-refractivity contribution >= 4 is 39.0 Å². The number of furan rings is 1. The summed E-state index contributed by atoms with van der Waals surface area (Å²) in [5.41, 5.74) is 0.860. The molecule has 10 heteroatoms. The van der Waals surface area contributed by atoms with Gasteiger partial charge >= 0.3 is 5.97 Å². The maximum atomic E-state index is 13.3. The van der Waals surface area contributed by atoms with Crippen LogP contribution in [-0.2, 0) is 24.2 Å². The number of anilines is 2. The highest BCUT2D eigenvalue weighted by atomic mass is 32.2. The second kappa shape index (κ2) is 8.91. The monoisotopic (exact) mass is 468 g/mol. The summed E-state index contributed by atoms with van der Waals surface area (Å²) >= 11 is 0. The van der Waals surface area contributed by atoms with Gasteiger partial charge in [-0.05, 0) is 48.5 Å². The van der Waals surface area contributed by atoms with Crippen molar-refractivity contribution in [3.05, 3.63) is 78.3 Å². The Kier molecular flexibility index (Phi) is 6.01. The maximum Gasteiger partial charge on any atom is 0.337 e. The van der Waals surface area contributed by atoms with Gasteiger partial charge in [-0.2, -0.15) is 0 Å². The van der Waals surface area contributed by atoms with Crippen molar-refractivity contribution in [3.63, 3.8) is 0 Å². The second-order valence-corrected chi connectivity index (χ2v) is 9.42. The van der Waals surface area contributed by atoms with Crippen LogP contribution < -0.4 is 10.2 Å². The molecular formula is C23H20N2O7S. The van der Waals surface area contributed by atoms with Crippen LogP contribution in [0.15, 0.2) is 76.2 Å². The molecule has 2 heterocycles. The molecule has 4 rings (SSSR count). The first kappa shape index (κ1) is 22.3. The summed E-state index contributed by atoms with van der Waals surface area (Å²) in [4.78, 5) is 38.5. The maximum absolute atomic E-state index is 13.3. The third kappa shape index (κ3) is 4.37. The van der Waals surface area contributed by atoms with E-state index in [1.54, 1.807) is 18.2 Å². The Morgan fingerprint density at radius 3 is 2.48 bits per heavy atom. The van der Waals surface area contributed by atoms with E-state index >= 15 is 0 Å². The van der Waals surface area contributed by atoms with Gasteiger partial charge in [-0.15, -0.1) is 0 Å². The number of sulfone groups is 1. The van der Waals surface area contributed by atoms with Gasteiger partial charge in [0.15, 0.2) is 9.84 Å². The Morgan fingerprint density at radius 2 is 1.82 bits per heavy atom. The summed E-state index contributed by atoms with van der Waals surface area (Å²) in [6.45, 7) is -0.394. The van der Waals surface area contributed by atoms with E-state index in [2.05, 4.69) is 10.1 Å². The minimum Gasteiger partial charge on any atom is -0.468 e. The summed E-state index contributed by atoms with van der Waals surface area (Å²) in [5.74, 6) is -1.40. The molecule has 2 aromatic carbocycles. The molecule has 1 aromatic heterocycles. The van der Waals surface area contributed by atoms with Crippen LogP contribution in [0.5, 0.6) is 0 Å². The molecule has 3 aromatic rings. The van der Waals surface area contributed by atoms with E-state index in [4.69, 9.17) is 4.42 Å². The number of amides is 2. The molecule has 2 amide bonds. The number of methoxy groups -OCH3 is 1. The highest BCUT2D eigenvalue weighted by molar-refractivity contribution is 7.91. The van der Waals surface area contributed by atoms with Gasteiger partial charge in [-0.1, -0.05) is 12.1 Å². The lowest BCUT2D eigenvalue weighted by Crippen LogP contribution is -2.38. The van der Waals surface area contributed by atoms with E-state index in [1.165, 1.54) is 55.8 Å². The molecule has 0 spiro atoms. The van der Waals surface area contributed by atoms with Gasteiger partial charge in [0.2, 0.25) is 11.8 Å². The fourth-order valence-electron chi connectivity index (χ4n) is 3.64. The number of ether oxygens (including phenoxy) is 1. The molecule has 0 saturated heterocycles. The van der Waals surface area contributed by atoms with Crippen molar-refractivity contribution in [2.24, 2.45) is 0 Å². The minimum absolute atomic E-state index is 0.0486. The lowest BCUT2D eigenvalue weighted by molar-refractivity contribution is -0.121. The Hall–Kier alpha value is -3.92. The van der Waals surface area contributed by atoms with Crippen molar-refractivity contribution < 1.29 is 32.0 Å². The Balaban J connectivity index is 1.60. The van der Waals surface area contributed by atoms with Crippen molar-refractivity contribution in [2.45, 2.75) is 16.6 Å². The van der Waals surface area contributed by atoms with Crippen LogP contribution in [0, 0.1) is 0 Å². The first-order valence-corrected chi connectivity index (χ1v) is 11.5. The molecule has 0 aliphatic carbocycles. The summed E-state index contributed by atoms with van der Waals surface area (Å²) in [7, 11) is -2.68. The van der Waals surface area contributed by atoms with Crippen LogP contribution >= 0.6 is 0 Å². The van der Waals surface area contributed by atoms with Gasteiger partial charge < -0.3 is 19.4 Å². The van der Waals surface area contributed by atoms with Crippen LogP contribution in [0.3, 0.4) is 0 Å². The first-order valence-electron chi connectivity index (χ1n) is 9.96. The molecule has 1 aliphatic heterocycles. The van der Waals surface area contributed by atoms with Crippen LogP contribution in [0.1, 0.15) is 27.8 Å². The van der Waals surface area contributed by atoms with Crippen molar-refractivity contribution in [1.29, 1.82) is 0 Å². The molecule has 1 N–H and O–H groups in total. The zero-order valence-electron chi connectivity index (χ0n) is 17.6. The zero-order chi connectivity index (χ0) is 23.6. The fourth-order valence-corrected chi connectivity index (χ4v) is 5.49. The number of hydrogen-bond donors (Lipinski definition) is 1. The molecular weight excluding hydrogens is 448 g/mol. The van der Waals surface area contributed by atoms with Gasteiger partial charge in [0.05, 0.1) is 35.9 Å². The quantitative estimate of drug-likeness (QED) is 0.571. The average molecular weight is 468 g/mol. The number of fused-ring (bicyclic) bond motifs is 1. The van der Waals surface area contributed by atoms with E-state index in [0.29, 0.717) is 11.3 Å². The normalized spacial score (nSPS) is 17.1. The van der Waals surface area contributed by atoms with Gasteiger partial charge in [0.25, 0.3) is 0 Å². The molecule has 1 unspecified atom stereocenters. The van der Waals surface area contributed by atoms with Gasteiger partial charge in [-0.25, -0.2) is 13.2 Å². The predicted octanol–water partition coefficient (Wildman–Crippen LogP) is 2.96. The first-order chi connectivity index (χ1) is 15.8. The van der Waals surface area contributed by atoms with Gasteiger partial charge in [-0.3, -0.25) is 9.59 Å². The fraction of sp³-hybridized carbons (Fsp3) is 0.174. The number of rotatable bonds is 5. The number of esters is 1. The second-order valence-electron chi connectivity index (χ2n) is 7.32. The SMILES string of the molecule is COC(=O)c1ccc(NC(=O)CN2C(=O)CC(c3ccco3)S(=O)(=O)c3ccccc32)cc1. The molecule has 170 valence electrons. The lowest BCUT2D eigenvalue weighted by atomic mass is 10.2. The van der Waals surface area contributed by atoms with E-state index < -0.39 is 39.4 Å². The summed E-state index contributed by atoms with van der Waals surface area (Å²) < 4.78 is 36.6. The highest BCUT2D eigenvalue weighted by Crippen LogP contribution is 2.40. The zero-order valence-corrected chi connectivity index (χ0v) is 18.4. The third-order valence-corrected chi connectivity index (χ3v) is 7.36. The number of nitrogens with zero attached hydrogens (tertiary/aromatic N) is 1. The number of hydrogen-bond acceptors (Lipinski definition) is 7. The topological polar surface area (TPSA) is 123 Å². The number of para-hydroxylation sites is 1. The van der Waals surface area contributed by atoms with E-state index in [-0.39, 0.29) is 22.8 Å². The smallest absolute Gasteiger partial charge is 0.337 e. The molecule has 0 saturated carbocycles. The molecule has 0 fully saturated rings. The Labute approximate surface area is 189 Å². The van der Waals surface area contributed by atoms with Crippen molar-refractivity contribution in [3.8, 4) is 0 Å². The molecule has 9 nitrogen and oxygen atoms in total. The van der Waals surface area contributed by atoms with Crippen molar-refractivity contribution in [1.82, 2.24) is 0 Å². The van der Waals surface area contributed by atoms with E-state index in [9.17, 15) is 22.8 Å². The van der Waals surface area contributed by atoms with Crippen LogP contribution in [0.2, 0.25) is 0 Å². The number of nitrogens with one attached hydrogen (secondary N) is 1. The molecule has 0 bridgehead atoms. The number of carbonyl (C=O) groups is 3. The van der Waals surface area contributed by atoms with Gasteiger partial charge in [0, 0.05) is 5.69 Å². The number of carbonyl (C=O) groups excluding carboxylic acids is 3. The minimum atomic E-state index is -3.95. The van der Waals surface area contributed by atoms with Crippen LogP contribution in [-0.4, -0.2) is 39.9 Å². The van der Waals surface area contributed by atoms with E-state index in [1.807, 2.05) is 0 Å². The molecule has 1 atom stereocenters. The Morgan fingerprint density at radius 1 is 1.09 bits per heavy atom. The predicted molar refractivity (Wildman–Crippen MR) is 118 cm³/mol. The summed E-state index contributed by atoms with van der Waals surface area (Å²) in [5, 5.41) is 1.46. The Bertz CT molecular complexity index is 1300. The van der Waals surface area contributed by atoms with Crippen LogP contribution in [0.25, 0.3) is 0 Å².